The summed E-state index contributed by atoms with van der Waals surface area (Å²) in [5, 5.41) is 0.837. The standard InChI is InChI=1S/C20H23Cl2N5O3.2ClH/c1-27(2)4-3-17(18(23)28)30-16-8-11(12-6-14(21)10-15(22)7-12)5-13(9-16)19(29)26-20(24)25;;/h5-10,17H,3-4H2,1-2H3,(H2,23,28)(H4,24,25,26,29);2*1H. The normalized spacial score (nSPS) is 11.0. The van der Waals surface area contributed by atoms with Crippen molar-refractivity contribution in [1.82, 2.24) is 4.90 Å². The Kier molecular flexibility index (Phi) is 12.4. The summed E-state index contributed by atoms with van der Waals surface area (Å²) in [6, 6.07) is 9.61. The van der Waals surface area contributed by atoms with Crippen LogP contribution in [-0.4, -0.2) is 49.4 Å². The number of carbonyl (C=O) groups is 2. The number of amides is 2. The lowest BCUT2D eigenvalue weighted by atomic mass is 10.0. The van der Waals surface area contributed by atoms with Crippen LogP contribution >= 0.6 is 48.0 Å². The van der Waals surface area contributed by atoms with E-state index < -0.39 is 17.9 Å². The molecule has 12 heteroatoms. The molecule has 0 spiro atoms. The molecule has 0 saturated heterocycles. The van der Waals surface area contributed by atoms with E-state index in [9.17, 15) is 9.59 Å². The fourth-order valence-electron chi connectivity index (χ4n) is 2.66. The number of hydrogen-bond donors (Lipinski definition) is 3. The maximum atomic E-state index is 12.4. The Balaban J connectivity index is 0.00000480. The smallest absolute Gasteiger partial charge is 0.280 e. The molecule has 0 bridgehead atoms. The molecule has 6 N–H and O–H groups in total. The number of benzene rings is 2. The minimum Gasteiger partial charge on any atom is -0.481 e. The second-order valence-corrected chi connectivity index (χ2v) is 7.72. The van der Waals surface area contributed by atoms with Crippen LogP contribution in [0.5, 0.6) is 5.75 Å². The average Bonchev–Trinajstić information content (AvgIpc) is 2.63. The Hall–Kier alpha value is -2.23. The van der Waals surface area contributed by atoms with Crippen LogP contribution in [0.25, 0.3) is 11.1 Å². The third kappa shape index (κ3) is 9.10. The fraction of sp³-hybridized carbons (Fsp3) is 0.250. The molecule has 2 aromatic carbocycles. The Labute approximate surface area is 208 Å². The molecule has 8 nitrogen and oxygen atoms in total. The number of carbonyl (C=O) groups excluding carboxylic acids is 2. The van der Waals surface area contributed by atoms with Gasteiger partial charge in [0.25, 0.3) is 11.8 Å². The Morgan fingerprint density at radius 2 is 1.53 bits per heavy atom. The summed E-state index contributed by atoms with van der Waals surface area (Å²) in [6.07, 6.45) is -0.524. The summed E-state index contributed by atoms with van der Waals surface area (Å²) in [7, 11) is 3.74. The molecule has 0 aromatic heterocycles. The summed E-state index contributed by atoms with van der Waals surface area (Å²) in [5.41, 5.74) is 17.5. The molecule has 1 atom stereocenters. The SMILES string of the molecule is CN(C)CCC(Oc1cc(C(=O)N=C(N)N)cc(-c2cc(Cl)cc(Cl)c2)c1)C(N)=O.Cl.Cl. The quantitative estimate of drug-likeness (QED) is 0.358. The van der Waals surface area contributed by atoms with Crippen LogP contribution in [0.1, 0.15) is 16.8 Å². The first kappa shape index (κ1) is 29.8. The molecule has 0 fully saturated rings. The Bertz CT molecular complexity index is 961. The average molecular weight is 525 g/mol. The summed E-state index contributed by atoms with van der Waals surface area (Å²) in [5.74, 6) is -1.41. The zero-order valence-electron chi connectivity index (χ0n) is 17.4. The van der Waals surface area contributed by atoms with Crippen LogP contribution in [0.15, 0.2) is 41.4 Å². The highest BCUT2D eigenvalue weighted by atomic mass is 35.5. The van der Waals surface area contributed by atoms with Crippen LogP contribution in [0.3, 0.4) is 0 Å². The first-order valence-electron chi connectivity index (χ1n) is 8.91. The van der Waals surface area contributed by atoms with Gasteiger partial charge in [0.1, 0.15) is 5.75 Å². The van der Waals surface area contributed by atoms with Crippen molar-refractivity contribution in [3.8, 4) is 16.9 Å². The minimum atomic E-state index is -0.892. The van der Waals surface area contributed by atoms with Gasteiger partial charge >= 0.3 is 0 Å². The second kappa shape index (κ2) is 13.3. The van der Waals surface area contributed by atoms with E-state index in [-0.39, 0.29) is 42.1 Å². The third-order valence-electron chi connectivity index (χ3n) is 4.01. The summed E-state index contributed by atoms with van der Waals surface area (Å²) >= 11 is 12.2. The van der Waals surface area contributed by atoms with Crippen molar-refractivity contribution in [2.24, 2.45) is 22.2 Å². The predicted octanol–water partition coefficient (Wildman–Crippen LogP) is 3.10. The summed E-state index contributed by atoms with van der Waals surface area (Å²) in [4.78, 5) is 29.7. The van der Waals surface area contributed by atoms with E-state index in [1.807, 2.05) is 19.0 Å². The van der Waals surface area contributed by atoms with E-state index >= 15 is 0 Å². The molecule has 0 heterocycles. The molecule has 0 saturated carbocycles. The molecule has 2 amide bonds. The number of halogens is 4. The fourth-order valence-corrected chi connectivity index (χ4v) is 3.18. The molecular formula is C20H25Cl4N5O3. The van der Waals surface area contributed by atoms with Crippen molar-refractivity contribution in [2.75, 3.05) is 20.6 Å². The highest BCUT2D eigenvalue weighted by Crippen LogP contribution is 2.31. The molecule has 0 aliphatic rings. The number of aliphatic imine (C=N–C) groups is 1. The molecular weight excluding hydrogens is 500 g/mol. The van der Waals surface area contributed by atoms with Crippen molar-refractivity contribution in [3.05, 3.63) is 52.0 Å². The van der Waals surface area contributed by atoms with Crippen LogP contribution in [-0.2, 0) is 4.79 Å². The summed E-state index contributed by atoms with van der Waals surface area (Å²) < 4.78 is 5.81. The number of nitrogens with two attached hydrogens (primary N) is 3. The highest BCUT2D eigenvalue weighted by molar-refractivity contribution is 6.35. The van der Waals surface area contributed by atoms with E-state index in [1.165, 1.54) is 6.07 Å². The maximum absolute atomic E-state index is 12.4. The molecule has 2 aromatic rings. The topological polar surface area (TPSA) is 137 Å². The molecule has 2 rings (SSSR count). The van der Waals surface area contributed by atoms with Gasteiger partial charge < -0.3 is 26.8 Å². The van der Waals surface area contributed by atoms with Gasteiger partial charge in [-0.15, -0.1) is 24.8 Å². The van der Waals surface area contributed by atoms with Crippen molar-refractivity contribution in [3.63, 3.8) is 0 Å². The van der Waals surface area contributed by atoms with Gasteiger partial charge in [0.2, 0.25) is 0 Å². The number of guanidine groups is 1. The van der Waals surface area contributed by atoms with Gasteiger partial charge in [-0.3, -0.25) is 9.59 Å². The maximum Gasteiger partial charge on any atom is 0.280 e. The van der Waals surface area contributed by atoms with Crippen LogP contribution in [0.4, 0.5) is 0 Å². The van der Waals surface area contributed by atoms with Crippen LogP contribution < -0.4 is 21.9 Å². The molecule has 0 aliphatic carbocycles. The zero-order chi connectivity index (χ0) is 22.4. The van der Waals surface area contributed by atoms with Gasteiger partial charge in [-0.05, 0) is 61.6 Å². The number of ether oxygens (including phenoxy) is 1. The first-order chi connectivity index (χ1) is 14.0. The van der Waals surface area contributed by atoms with E-state index in [2.05, 4.69) is 4.99 Å². The number of hydrogen-bond acceptors (Lipinski definition) is 4. The minimum absolute atomic E-state index is 0. The van der Waals surface area contributed by atoms with Gasteiger partial charge in [0.05, 0.1) is 0 Å². The van der Waals surface area contributed by atoms with E-state index in [0.29, 0.717) is 34.1 Å². The number of primary amides is 1. The number of rotatable bonds is 8. The van der Waals surface area contributed by atoms with E-state index in [4.69, 9.17) is 45.1 Å². The molecule has 0 aliphatic heterocycles. The largest absolute Gasteiger partial charge is 0.481 e. The molecule has 1 unspecified atom stereocenters. The molecule has 0 radical (unpaired) electrons. The zero-order valence-corrected chi connectivity index (χ0v) is 20.5. The van der Waals surface area contributed by atoms with Crippen LogP contribution in [0, 0.1) is 0 Å². The van der Waals surface area contributed by atoms with Gasteiger partial charge in [-0.25, -0.2) is 0 Å². The summed E-state index contributed by atoms with van der Waals surface area (Å²) in [6.45, 7) is 0.580. The Morgan fingerprint density at radius 3 is 2.03 bits per heavy atom. The van der Waals surface area contributed by atoms with Gasteiger partial charge in [-0.1, -0.05) is 23.2 Å². The Morgan fingerprint density at radius 1 is 0.969 bits per heavy atom. The van der Waals surface area contributed by atoms with Gasteiger partial charge in [-0.2, -0.15) is 4.99 Å². The number of nitrogens with zero attached hydrogens (tertiary/aromatic N) is 2. The third-order valence-corrected chi connectivity index (χ3v) is 4.45. The predicted molar refractivity (Wildman–Crippen MR) is 133 cm³/mol. The van der Waals surface area contributed by atoms with Crippen molar-refractivity contribution < 1.29 is 14.3 Å². The van der Waals surface area contributed by atoms with Crippen molar-refractivity contribution >= 4 is 65.8 Å². The molecule has 176 valence electrons. The van der Waals surface area contributed by atoms with Crippen LogP contribution in [0.2, 0.25) is 10.0 Å². The lowest BCUT2D eigenvalue weighted by Gasteiger charge is -2.19. The molecule has 32 heavy (non-hydrogen) atoms. The van der Waals surface area contributed by atoms with E-state index in [1.54, 1.807) is 30.3 Å². The lowest BCUT2D eigenvalue weighted by molar-refractivity contribution is -0.125. The monoisotopic (exact) mass is 523 g/mol. The second-order valence-electron chi connectivity index (χ2n) is 6.85. The highest BCUT2D eigenvalue weighted by Gasteiger charge is 2.19. The van der Waals surface area contributed by atoms with E-state index in [0.717, 1.165) is 0 Å². The van der Waals surface area contributed by atoms with Crippen molar-refractivity contribution in [1.29, 1.82) is 0 Å². The lowest BCUT2D eigenvalue weighted by Crippen LogP contribution is -2.36. The first-order valence-corrected chi connectivity index (χ1v) is 9.67. The van der Waals surface area contributed by atoms with Crippen molar-refractivity contribution in [2.45, 2.75) is 12.5 Å². The van der Waals surface area contributed by atoms with Gasteiger partial charge in [0, 0.05) is 28.6 Å². The van der Waals surface area contributed by atoms with Gasteiger partial charge in [0.15, 0.2) is 12.1 Å².